The molecule has 6 heteroatoms. The summed E-state index contributed by atoms with van der Waals surface area (Å²) in [6.07, 6.45) is -0.426. The van der Waals surface area contributed by atoms with Crippen molar-refractivity contribution < 1.29 is 14.3 Å². The Hall–Kier alpha value is -1.62. The fourth-order valence-electron chi connectivity index (χ4n) is 1.64. The first kappa shape index (κ1) is 17.4. The van der Waals surface area contributed by atoms with Gasteiger partial charge in [-0.3, -0.25) is 0 Å². The van der Waals surface area contributed by atoms with E-state index in [1.807, 2.05) is 39.8 Å². The van der Waals surface area contributed by atoms with Crippen LogP contribution in [0.5, 0.6) is 5.75 Å². The lowest BCUT2D eigenvalue weighted by molar-refractivity contribution is 0.0526. The number of rotatable bonds is 5. The molecule has 0 bridgehead atoms. The maximum Gasteiger partial charge on any atom is 0.407 e. The van der Waals surface area contributed by atoms with Gasteiger partial charge in [-0.2, -0.15) is 0 Å². The molecule has 0 aliphatic heterocycles. The van der Waals surface area contributed by atoms with E-state index in [0.717, 1.165) is 5.69 Å². The maximum atomic E-state index is 11.6. The van der Waals surface area contributed by atoms with Gasteiger partial charge < -0.3 is 20.1 Å². The molecule has 0 aliphatic rings. The van der Waals surface area contributed by atoms with Crippen LogP contribution in [0.15, 0.2) is 18.2 Å². The van der Waals surface area contributed by atoms with Gasteiger partial charge in [0.1, 0.15) is 11.4 Å². The lowest BCUT2D eigenvalue weighted by Gasteiger charge is -2.21. The molecule has 1 unspecified atom stereocenters. The molecule has 0 aromatic heterocycles. The van der Waals surface area contributed by atoms with Gasteiger partial charge in [-0.1, -0.05) is 11.6 Å². The van der Waals surface area contributed by atoms with Gasteiger partial charge in [-0.15, -0.1) is 0 Å². The quantitative estimate of drug-likeness (QED) is 0.870. The van der Waals surface area contributed by atoms with E-state index in [1.165, 1.54) is 0 Å². The Kier molecular flexibility index (Phi) is 6.15. The zero-order valence-electron chi connectivity index (χ0n) is 13.1. The summed E-state index contributed by atoms with van der Waals surface area (Å²) >= 11 is 5.97. The van der Waals surface area contributed by atoms with Crippen LogP contribution in [0.2, 0.25) is 5.02 Å². The average Bonchev–Trinajstić information content (AvgIpc) is 2.36. The second kappa shape index (κ2) is 7.41. The van der Waals surface area contributed by atoms with Crippen molar-refractivity contribution >= 4 is 23.4 Å². The molecule has 1 amide bonds. The zero-order valence-corrected chi connectivity index (χ0v) is 13.9. The van der Waals surface area contributed by atoms with Gasteiger partial charge in [-0.25, -0.2) is 4.79 Å². The van der Waals surface area contributed by atoms with Crippen LogP contribution in [-0.2, 0) is 4.74 Å². The Labute approximate surface area is 131 Å². The highest BCUT2D eigenvalue weighted by molar-refractivity contribution is 6.32. The van der Waals surface area contributed by atoms with Crippen LogP contribution in [0.25, 0.3) is 0 Å². The number of benzene rings is 1. The Morgan fingerprint density at radius 2 is 2.05 bits per heavy atom. The number of carbonyl (C=O) groups excluding carboxylic acids is 1. The van der Waals surface area contributed by atoms with Crippen molar-refractivity contribution in [2.75, 3.05) is 19.0 Å². The molecule has 0 spiro atoms. The van der Waals surface area contributed by atoms with Gasteiger partial charge >= 0.3 is 6.09 Å². The Morgan fingerprint density at radius 1 is 1.38 bits per heavy atom. The Balaban J connectivity index is 2.47. The number of halogens is 1. The minimum absolute atomic E-state index is 0.0309. The van der Waals surface area contributed by atoms with Crippen molar-refractivity contribution in [1.82, 2.24) is 5.32 Å². The lowest BCUT2D eigenvalue weighted by Crippen LogP contribution is -2.38. The summed E-state index contributed by atoms with van der Waals surface area (Å²) in [5.41, 5.74) is 0.374. The van der Waals surface area contributed by atoms with Crippen molar-refractivity contribution in [2.24, 2.45) is 0 Å². The number of hydrogen-bond donors (Lipinski definition) is 2. The van der Waals surface area contributed by atoms with Crippen LogP contribution in [0.3, 0.4) is 0 Å². The first-order valence-electron chi connectivity index (χ1n) is 6.78. The fraction of sp³-hybridized carbons (Fsp3) is 0.533. The summed E-state index contributed by atoms with van der Waals surface area (Å²) in [5.74, 6) is 0.606. The van der Waals surface area contributed by atoms with Crippen molar-refractivity contribution in [3.63, 3.8) is 0 Å². The number of anilines is 1. The molecule has 1 rings (SSSR count). The monoisotopic (exact) mass is 314 g/mol. The molecule has 5 nitrogen and oxygen atoms in total. The topological polar surface area (TPSA) is 59.6 Å². The van der Waals surface area contributed by atoms with Crippen molar-refractivity contribution in [3.05, 3.63) is 23.2 Å². The summed E-state index contributed by atoms with van der Waals surface area (Å²) in [6, 6.07) is 5.46. The number of methoxy groups -OCH3 is 1. The van der Waals surface area contributed by atoms with Gasteiger partial charge in [-0.05, 0) is 39.8 Å². The Morgan fingerprint density at radius 3 is 2.62 bits per heavy atom. The molecule has 0 heterocycles. The van der Waals surface area contributed by atoms with Crippen molar-refractivity contribution in [2.45, 2.75) is 39.3 Å². The summed E-state index contributed by atoms with van der Waals surface area (Å²) in [6.45, 7) is 7.88. The summed E-state index contributed by atoms with van der Waals surface area (Å²) in [5, 5.41) is 6.53. The number of amides is 1. The third-order valence-electron chi connectivity index (χ3n) is 2.52. The number of carbonyl (C=O) groups is 1. The SMILES string of the molecule is COc1cc(NC(C)CNC(=O)OC(C)(C)C)ccc1Cl. The lowest BCUT2D eigenvalue weighted by atomic mass is 10.2. The van der Waals surface area contributed by atoms with Crippen LogP contribution in [0, 0.1) is 0 Å². The molecule has 1 aromatic rings. The maximum absolute atomic E-state index is 11.6. The van der Waals surface area contributed by atoms with Crippen molar-refractivity contribution in [1.29, 1.82) is 0 Å². The van der Waals surface area contributed by atoms with Crippen LogP contribution in [-0.4, -0.2) is 31.4 Å². The number of hydrogen-bond acceptors (Lipinski definition) is 4. The molecule has 21 heavy (non-hydrogen) atoms. The van der Waals surface area contributed by atoms with Gasteiger partial charge in [0.15, 0.2) is 0 Å². The highest BCUT2D eigenvalue weighted by Gasteiger charge is 2.16. The normalized spacial score (nSPS) is 12.5. The molecule has 118 valence electrons. The minimum atomic E-state index is -0.496. The number of alkyl carbamates (subject to hydrolysis) is 1. The second-order valence-corrected chi connectivity index (χ2v) is 6.18. The molecule has 0 aliphatic carbocycles. The summed E-state index contributed by atoms with van der Waals surface area (Å²) < 4.78 is 10.3. The summed E-state index contributed by atoms with van der Waals surface area (Å²) in [4.78, 5) is 11.6. The van der Waals surface area contributed by atoms with E-state index >= 15 is 0 Å². The fourth-order valence-corrected chi connectivity index (χ4v) is 1.83. The van der Waals surface area contributed by atoms with E-state index in [9.17, 15) is 4.79 Å². The molecular weight excluding hydrogens is 292 g/mol. The largest absolute Gasteiger partial charge is 0.495 e. The standard InChI is InChI=1S/C15H23ClN2O3/c1-10(9-17-14(19)21-15(2,3)4)18-11-6-7-12(16)13(8-11)20-5/h6-8,10,18H,9H2,1-5H3,(H,17,19). The highest BCUT2D eigenvalue weighted by Crippen LogP contribution is 2.27. The molecular formula is C15H23ClN2O3. The van der Waals surface area contributed by atoms with Gasteiger partial charge in [0.2, 0.25) is 0 Å². The second-order valence-electron chi connectivity index (χ2n) is 5.78. The number of nitrogens with one attached hydrogen (secondary N) is 2. The molecule has 2 N–H and O–H groups in total. The first-order valence-corrected chi connectivity index (χ1v) is 7.16. The van der Waals surface area contributed by atoms with Gasteiger partial charge in [0.25, 0.3) is 0 Å². The minimum Gasteiger partial charge on any atom is -0.495 e. The first-order chi connectivity index (χ1) is 9.71. The van der Waals surface area contributed by atoms with Crippen molar-refractivity contribution in [3.8, 4) is 5.75 Å². The van der Waals surface area contributed by atoms with E-state index in [1.54, 1.807) is 13.2 Å². The van der Waals surface area contributed by atoms with E-state index in [0.29, 0.717) is 17.3 Å². The third kappa shape index (κ3) is 6.58. The van der Waals surface area contributed by atoms with E-state index < -0.39 is 11.7 Å². The molecule has 0 saturated carbocycles. The van der Waals surface area contributed by atoms with Crippen LogP contribution in [0.4, 0.5) is 10.5 Å². The zero-order chi connectivity index (χ0) is 16.0. The van der Waals surface area contributed by atoms with E-state index in [4.69, 9.17) is 21.1 Å². The summed E-state index contributed by atoms with van der Waals surface area (Å²) in [7, 11) is 1.57. The van der Waals surface area contributed by atoms with Crippen LogP contribution in [0.1, 0.15) is 27.7 Å². The molecule has 0 fully saturated rings. The molecule has 1 atom stereocenters. The van der Waals surface area contributed by atoms with Crippen LogP contribution >= 0.6 is 11.6 Å². The van der Waals surface area contributed by atoms with E-state index in [-0.39, 0.29) is 6.04 Å². The van der Waals surface area contributed by atoms with E-state index in [2.05, 4.69) is 10.6 Å². The predicted octanol–water partition coefficient (Wildman–Crippen LogP) is 3.67. The number of ether oxygens (including phenoxy) is 2. The predicted molar refractivity (Wildman–Crippen MR) is 85.3 cm³/mol. The highest BCUT2D eigenvalue weighted by atomic mass is 35.5. The van der Waals surface area contributed by atoms with Crippen LogP contribution < -0.4 is 15.4 Å². The van der Waals surface area contributed by atoms with Gasteiger partial charge in [0.05, 0.1) is 12.1 Å². The smallest absolute Gasteiger partial charge is 0.407 e. The van der Waals surface area contributed by atoms with Gasteiger partial charge in [0, 0.05) is 24.3 Å². The molecule has 0 radical (unpaired) electrons. The third-order valence-corrected chi connectivity index (χ3v) is 2.83. The Bertz CT molecular complexity index is 486. The molecule has 1 aromatic carbocycles. The average molecular weight is 315 g/mol. The molecule has 0 saturated heterocycles.